The van der Waals surface area contributed by atoms with Crippen LogP contribution in [-0.2, 0) is 4.79 Å². The van der Waals surface area contributed by atoms with Crippen LogP contribution in [0.4, 0.5) is 5.69 Å². The van der Waals surface area contributed by atoms with Gasteiger partial charge in [-0.25, -0.2) is 4.79 Å². The Balaban J connectivity index is 2.12. The number of anilines is 1. The first-order valence-corrected chi connectivity index (χ1v) is 5.94. The van der Waals surface area contributed by atoms with Crippen LogP contribution in [0, 0.1) is 12.8 Å². The highest BCUT2D eigenvalue weighted by atomic mass is 16.4. The van der Waals surface area contributed by atoms with Gasteiger partial charge in [-0.1, -0.05) is 30.4 Å². The normalized spacial score (nSPS) is 29.4. The van der Waals surface area contributed by atoms with Gasteiger partial charge in [0.15, 0.2) is 0 Å². The summed E-state index contributed by atoms with van der Waals surface area (Å²) in [5, 5.41) is 12.5. The van der Waals surface area contributed by atoms with Gasteiger partial charge in [0.25, 0.3) is 0 Å². The van der Waals surface area contributed by atoms with Crippen LogP contribution >= 0.6 is 0 Å². The van der Waals surface area contributed by atoms with Gasteiger partial charge in [0.2, 0.25) is 0 Å². The van der Waals surface area contributed by atoms with Crippen molar-refractivity contribution in [3.63, 3.8) is 0 Å². The van der Waals surface area contributed by atoms with Crippen LogP contribution in [0.3, 0.4) is 0 Å². The van der Waals surface area contributed by atoms with E-state index in [4.69, 9.17) is 0 Å². The van der Waals surface area contributed by atoms with Crippen LogP contribution in [0.15, 0.2) is 30.4 Å². The second-order valence-electron chi connectivity index (χ2n) is 4.85. The molecule has 0 bridgehead atoms. The highest BCUT2D eigenvalue weighted by Gasteiger charge is 2.40. The number of allylic oxidation sites excluding steroid dienone is 2. The molecule has 0 fully saturated rings. The van der Waals surface area contributed by atoms with Gasteiger partial charge in [0.1, 0.15) is 6.04 Å². The summed E-state index contributed by atoms with van der Waals surface area (Å²) >= 11 is 0. The third kappa shape index (κ3) is 1.46. The van der Waals surface area contributed by atoms with E-state index in [2.05, 4.69) is 23.5 Å². The number of benzene rings is 1. The summed E-state index contributed by atoms with van der Waals surface area (Å²) in [6.45, 7) is 2.02. The molecular weight excluding hydrogens is 214 g/mol. The Labute approximate surface area is 100 Å². The minimum atomic E-state index is -0.752. The molecule has 0 saturated carbocycles. The van der Waals surface area contributed by atoms with Crippen molar-refractivity contribution in [2.24, 2.45) is 5.92 Å². The molecule has 1 aliphatic heterocycles. The molecule has 0 aromatic heterocycles. The Morgan fingerprint density at radius 1 is 1.47 bits per heavy atom. The summed E-state index contributed by atoms with van der Waals surface area (Å²) in [6, 6.07) is 5.69. The van der Waals surface area contributed by atoms with Gasteiger partial charge in [-0.05, 0) is 24.5 Å². The fraction of sp³-hybridized carbons (Fsp3) is 0.357. The quantitative estimate of drug-likeness (QED) is 0.727. The monoisotopic (exact) mass is 229 g/mol. The minimum absolute atomic E-state index is 0.154. The summed E-state index contributed by atoms with van der Waals surface area (Å²) in [6.07, 6.45) is 5.10. The first-order valence-electron chi connectivity index (χ1n) is 5.94. The second-order valence-corrected chi connectivity index (χ2v) is 4.85. The number of carboxylic acids is 1. The molecule has 0 spiro atoms. The van der Waals surface area contributed by atoms with E-state index in [0.29, 0.717) is 0 Å². The second kappa shape index (κ2) is 3.62. The Morgan fingerprint density at radius 2 is 2.29 bits per heavy atom. The van der Waals surface area contributed by atoms with Crippen LogP contribution in [0.25, 0.3) is 0 Å². The molecule has 1 aliphatic carbocycles. The van der Waals surface area contributed by atoms with E-state index in [1.165, 1.54) is 5.56 Å². The molecule has 0 radical (unpaired) electrons. The maximum atomic E-state index is 11.3. The Bertz CT molecular complexity index is 507. The van der Waals surface area contributed by atoms with Gasteiger partial charge >= 0.3 is 5.97 Å². The number of hydrogen-bond acceptors (Lipinski definition) is 2. The zero-order chi connectivity index (χ0) is 12.0. The number of carboxylic acid groups (broad SMARTS) is 1. The number of aliphatic carboxylic acids is 1. The number of nitrogens with one attached hydrogen (secondary N) is 1. The number of para-hydroxylation sites is 1. The largest absolute Gasteiger partial charge is 0.480 e. The molecule has 17 heavy (non-hydrogen) atoms. The lowest BCUT2D eigenvalue weighted by Gasteiger charge is -2.35. The molecule has 0 unspecified atom stereocenters. The molecule has 3 heteroatoms. The molecule has 1 aromatic carbocycles. The summed E-state index contributed by atoms with van der Waals surface area (Å²) in [4.78, 5) is 11.3. The highest BCUT2D eigenvalue weighted by molar-refractivity contribution is 5.81. The fourth-order valence-electron chi connectivity index (χ4n) is 3.02. The Kier molecular flexibility index (Phi) is 2.21. The summed E-state index contributed by atoms with van der Waals surface area (Å²) in [5.41, 5.74) is 3.36. The maximum absolute atomic E-state index is 11.3. The smallest absolute Gasteiger partial charge is 0.326 e. The van der Waals surface area contributed by atoms with Gasteiger partial charge in [-0.15, -0.1) is 0 Å². The highest BCUT2D eigenvalue weighted by Crippen LogP contribution is 2.45. The van der Waals surface area contributed by atoms with Gasteiger partial charge in [0, 0.05) is 17.5 Å². The van der Waals surface area contributed by atoms with Gasteiger partial charge in [0.05, 0.1) is 0 Å². The first-order chi connectivity index (χ1) is 8.18. The van der Waals surface area contributed by atoms with Crippen LogP contribution < -0.4 is 5.32 Å². The Morgan fingerprint density at radius 3 is 3.06 bits per heavy atom. The summed E-state index contributed by atoms with van der Waals surface area (Å²) in [5.74, 6) is -0.341. The number of rotatable bonds is 1. The average Bonchev–Trinajstić information content (AvgIpc) is 2.77. The topological polar surface area (TPSA) is 49.3 Å². The van der Waals surface area contributed by atoms with E-state index in [1.807, 2.05) is 19.1 Å². The predicted octanol–water partition coefficient (Wildman–Crippen LogP) is 2.53. The molecule has 0 amide bonds. The van der Waals surface area contributed by atoms with Gasteiger partial charge < -0.3 is 10.4 Å². The molecule has 2 N–H and O–H groups in total. The third-order valence-electron chi connectivity index (χ3n) is 3.87. The number of fused-ring (bicyclic) bond motifs is 3. The van der Waals surface area contributed by atoms with Crippen molar-refractivity contribution in [1.82, 2.24) is 0 Å². The van der Waals surface area contributed by atoms with Gasteiger partial charge in [-0.3, -0.25) is 0 Å². The van der Waals surface area contributed by atoms with Crippen LogP contribution in [0.1, 0.15) is 23.5 Å². The van der Waals surface area contributed by atoms with Crippen molar-refractivity contribution in [3.05, 3.63) is 41.5 Å². The lowest BCUT2D eigenvalue weighted by atomic mass is 9.78. The minimum Gasteiger partial charge on any atom is -0.480 e. The zero-order valence-electron chi connectivity index (χ0n) is 9.68. The van der Waals surface area contributed by atoms with Crippen molar-refractivity contribution < 1.29 is 9.90 Å². The van der Waals surface area contributed by atoms with Crippen LogP contribution in [0.2, 0.25) is 0 Å². The van der Waals surface area contributed by atoms with E-state index in [-0.39, 0.29) is 11.8 Å². The van der Waals surface area contributed by atoms with E-state index in [0.717, 1.165) is 17.7 Å². The summed E-state index contributed by atoms with van der Waals surface area (Å²) in [7, 11) is 0. The first kappa shape index (κ1) is 10.4. The van der Waals surface area contributed by atoms with E-state index in [1.54, 1.807) is 0 Å². The van der Waals surface area contributed by atoms with Crippen molar-refractivity contribution in [2.45, 2.75) is 25.3 Å². The number of carbonyl (C=O) groups is 1. The van der Waals surface area contributed by atoms with Gasteiger partial charge in [-0.2, -0.15) is 0 Å². The fourth-order valence-corrected chi connectivity index (χ4v) is 3.02. The van der Waals surface area contributed by atoms with Crippen molar-refractivity contribution in [3.8, 4) is 0 Å². The molecule has 88 valence electrons. The molecule has 0 saturated heterocycles. The molecule has 3 nitrogen and oxygen atoms in total. The molecule has 2 aliphatic rings. The molecule has 3 atom stereocenters. The molecule has 3 rings (SSSR count). The third-order valence-corrected chi connectivity index (χ3v) is 3.87. The number of aryl methyl sites for hydroxylation is 1. The maximum Gasteiger partial charge on any atom is 0.326 e. The lowest BCUT2D eigenvalue weighted by Crippen LogP contribution is -2.42. The van der Waals surface area contributed by atoms with Crippen molar-refractivity contribution in [2.75, 3.05) is 5.32 Å². The Hall–Kier alpha value is -1.77. The van der Waals surface area contributed by atoms with Crippen LogP contribution in [0.5, 0.6) is 0 Å². The molecular formula is C14H15NO2. The van der Waals surface area contributed by atoms with Crippen molar-refractivity contribution in [1.29, 1.82) is 0 Å². The molecule has 1 aromatic rings. The van der Waals surface area contributed by atoms with E-state index in [9.17, 15) is 9.90 Å². The number of hydrogen-bond donors (Lipinski definition) is 2. The SMILES string of the molecule is Cc1cccc2c1N[C@H](C(=O)O)[C@@H]1CC=C[C@H]21. The molecule has 1 heterocycles. The van der Waals surface area contributed by atoms with E-state index < -0.39 is 12.0 Å². The summed E-state index contributed by atoms with van der Waals surface area (Å²) < 4.78 is 0. The van der Waals surface area contributed by atoms with E-state index >= 15 is 0 Å². The van der Waals surface area contributed by atoms with Crippen LogP contribution in [-0.4, -0.2) is 17.1 Å². The van der Waals surface area contributed by atoms with Crippen molar-refractivity contribution >= 4 is 11.7 Å². The average molecular weight is 229 g/mol. The predicted molar refractivity (Wildman–Crippen MR) is 66.2 cm³/mol. The lowest BCUT2D eigenvalue weighted by molar-refractivity contribution is -0.139. The standard InChI is InChI=1S/C14H15NO2/c1-8-4-2-6-10-9-5-3-7-11(9)13(14(16)17)15-12(8)10/h2-6,9,11,13,15H,7H2,1H3,(H,16,17)/t9-,11-,13+/m1/s1. The zero-order valence-corrected chi connectivity index (χ0v) is 9.68.